The quantitative estimate of drug-likeness (QED) is 0.146. The largest absolute Gasteiger partial charge is 0.494 e. The van der Waals surface area contributed by atoms with Crippen molar-refractivity contribution >= 4 is 51.9 Å². The fraction of sp³-hybridized carbons (Fsp3) is 0.233. The molecule has 8 nitrogen and oxygen atoms in total. The maximum atomic E-state index is 12.8. The Labute approximate surface area is 242 Å². The highest BCUT2D eigenvalue weighted by Gasteiger charge is 2.16. The van der Waals surface area contributed by atoms with Gasteiger partial charge in [0, 0.05) is 11.4 Å². The van der Waals surface area contributed by atoms with Gasteiger partial charge in [0.05, 0.1) is 16.8 Å². The number of benzene rings is 3. The second kappa shape index (κ2) is 14.2. The molecule has 3 aromatic carbocycles. The number of halogens is 1. The van der Waals surface area contributed by atoms with Gasteiger partial charge in [-0.3, -0.25) is 9.59 Å². The monoisotopic (exact) mass is 639 g/mol. The predicted octanol–water partition coefficient (Wildman–Crippen LogP) is 6.27. The molecule has 0 radical (unpaired) electrons. The molecule has 0 saturated carbocycles. The minimum atomic E-state index is -0.544. The molecule has 0 heterocycles. The van der Waals surface area contributed by atoms with Crippen LogP contribution in [-0.2, 0) is 9.59 Å². The lowest BCUT2D eigenvalue weighted by atomic mass is 10.1. The second-order valence-corrected chi connectivity index (χ2v) is 9.64. The topological polar surface area (TPSA) is 110 Å². The van der Waals surface area contributed by atoms with Gasteiger partial charge in [0.1, 0.15) is 17.4 Å². The molecule has 2 N–H and O–H groups in total. The van der Waals surface area contributed by atoms with Gasteiger partial charge in [-0.1, -0.05) is 6.07 Å². The zero-order valence-corrected chi connectivity index (χ0v) is 24.4. The first kappa shape index (κ1) is 29.5. The second-order valence-electron chi connectivity index (χ2n) is 8.48. The van der Waals surface area contributed by atoms with Crippen LogP contribution in [0.2, 0.25) is 0 Å². The number of ether oxygens (including phenoxy) is 3. The van der Waals surface area contributed by atoms with Crippen molar-refractivity contribution in [2.75, 3.05) is 30.5 Å². The summed E-state index contributed by atoms with van der Waals surface area (Å²) in [7, 11) is 0. The van der Waals surface area contributed by atoms with Crippen molar-refractivity contribution in [3.63, 3.8) is 0 Å². The summed E-state index contributed by atoms with van der Waals surface area (Å²) in [6.45, 7) is 8.39. The summed E-state index contributed by atoms with van der Waals surface area (Å²) in [5, 5.41) is 15.2. The summed E-state index contributed by atoms with van der Waals surface area (Å²) in [4.78, 5) is 25.3. The van der Waals surface area contributed by atoms with Gasteiger partial charge < -0.3 is 24.8 Å². The zero-order chi connectivity index (χ0) is 28.4. The lowest BCUT2D eigenvalue weighted by Crippen LogP contribution is -2.20. The molecule has 9 heteroatoms. The molecule has 202 valence electrons. The lowest BCUT2D eigenvalue weighted by Gasteiger charge is -2.15. The van der Waals surface area contributed by atoms with Gasteiger partial charge in [-0.15, -0.1) is 0 Å². The van der Waals surface area contributed by atoms with Crippen LogP contribution in [0.15, 0.2) is 60.2 Å². The summed E-state index contributed by atoms with van der Waals surface area (Å²) in [5.41, 5.74) is 3.95. The molecular weight excluding hydrogens is 609 g/mol. The molecule has 0 aliphatic heterocycles. The number of rotatable bonds is 11. The van der Waals surface area contributed by atoms with Crippen LogP contribution in [0.25, 0.3) is 6.08 Å². The SMILES string of the molecule is CCOc1ccc(NC(=O)/C(C#N)=C/c2cc(I)c(OCC(=O)Nc3ccc(C)c(C)c3)c(OCC)c2)cc1. The van der Waals surface area contributed by atoms with Crippen LogP contribution >= 0.6 is 22.6 Å². The average Bonchev–Trinajstić information content (AvgIpc) is 2.90. The number of hydrogen-bond donors (Lipinski definition) is 2. The van der Waals surface area contributed by atoms with E-state index in [4.69, 9.17) is 14.2 Å². The van der Waals surface area contributed by atoms with Gasteiger partial charge in [0.25, 0.3) is 11.8 Å². The molecule has 2 amide bonds. The van der Waals surface area contributed by atoms with Crippen molar-refractivity contribution in [3.8, 4) is 23.3 Å². The number of carbonyl (C=O) groups excluding carboxylic acids is 2. The minimum absolute atomic E-state index is 0.0800. The highest BCUT2D eigenvalue weighted by atomic mass is 127. The fourth-order valence-electron chi connectivity index (χ4n) is 3.54. The first-order valence-corrected chi connectivity index (χ1v) is 13.4. The molecule has 39 heavy (non-hydrogen) atoms. The van der Waals surface area contributed by atoms with Gasteiger partial charge in [0.15, 0.2) is 18.1 Å². The lowest BCUT2D eigenvalue weighted by molar-refractivity contribution is -0.118. The van der Waals surface area contributed by atoms with E-state index in [1.807, 2.05) is 52.0 Å². The first-order valence-electron chi connectivity index (χ1n) is 12.4. The van der Waals surface area contributed by atoms with E-state index in [1.54, 1.807) is 36.4 Å². The van der Waals surface area contributed by atoms with E-state index in [0.717, 1.165) is 11.1 Å². The molecular formula is C30H30IN3O5. The highest BCUT2D eigenvalue weighted by Crippen LogP contribution is 2.35. The maximum absolute atomic E-state index is 12.8. The molecule has 0 saturated heterocycles. The standard InChI is InChI=1S/C30H30IN3O5/c1-5-37-25-11-9-23(10-12-25)34-30(36)22(17-32)14-21-15-26(31)29(27(16-21)38-6-2)39-18-28(35)33-24-8-7-19(3)20(4)13-24/h7-16H,5-6,18H2,1-4H3,(H,33,35)(H,34,36)/b22-14+. The van der Waals surface area contributed by atoms with Gasteiger partial charge in [-0.2, -0.15) is 5.26 Å². The number of amides is 2. The third-order valence-electron chi connectivity index (χ3n) is 5.57. The van der Waals surface area contributed by atoms with Crippen molar-refractivity contribution < 1.29 is 23.8 Å². The smallest absolute Gasteiger partial charge is 0.266 e. The summed E-state index contributed by atoms with van der Waals surface area (Å²) in [5.74, 6) is 0.645. The molecule has 0 aliphatic carbocycles. The number of nitrogens with zero attached hydrogens (tertiary/aromatic N) is 1. The van der Waals surface area contributed by atoms with Crippen molar-refractivity contribution in [2.45, 2.75) is 27.7 Å². The Kier molecular flexibility index (Phi) is 10.8. The average molecular weight is 639 g/mol. The van der Waals surface area contributed by atoms with Crippen LogP contribution in [-0.4, -0.2) is 31.6 Å². The normalized spacial score (nSPS) is 10.8. The van der Waals surface area contributed by atoms with Crippen LogP contribution < -0.4 is 24.8 Å². The van der Waals surface area contributed by atoms with Crippen molar-refractivity contribution in [1.29, 1.82) is 5.26 Å². The Morgan fingerprint density at radius 3 is 2.23 bits per heavy atom. The maximum Gasteiger partial charge on any atom is 0.266 e. The van der Waals surface area contributed by atoms with Crippen LogP contribution in [0.5, 0.6) is 17.2 Å². The van der Waals surface area contributed by atoms with E-state index in [0.29, 0.717) is 51.0 Å². The highest BCUT2D eigenvalue weighted by molar-refractivity contribution is 14.1. The summed E-state index contributed by atoms with van der Waals surface area (Å²) < 4.78 is 17.7. The predicted molar refractivity (Wildman–Crippen MR) is 160 cm³/mol. The van der Waals surface area contributed by atoms with Gasteiger partial charge in [0.2, 0.25) is 0 Å². The Morgan fingerprint density at radius 1 is 0.897 bits per heavy atom. The number of carbonyl (C=O) groups is 2. The van der Waals surface area contributed by atoms with E-state index in [9.17, 15) is 14.9 Å². The zero-order valence-electron chi connectivity index (χ0n) is 22.3. The van der Waals surface area contributed by atoms with E-state index in [2.05, 4.69) is 33.2 Å². The number of nitriles is 1. The van der Waals surface area contributed by atoms with Crippen LogP contribution in [0.3, 0.4) is 0 Å². The molecule has 0 atom stereocenters. The van der Waals surface area contributed by atoms with Crippen molar-refractivity contribution in [2.24, 2.45) is 0 Å². The molecule has 3 rings (SSSR count). The van der Waals surface area contributed by atoms with E-state index in [-0.39, 0.29) is 18.1 Å². The molecule has 0 spiro atoms. The van der Waals surface area contributed by atoms with Gasteiger partial charge in [-0.05, 0) is 122 Å². The Balaban J connectivity index is 1.74. The summed E-state index contributed by atoms with van der Waals surface area (Å²) in [6, 6.07) is 18.0. The van der Waals surface area contributed by atoms with E-state index < -0.39 is 5.91 Å². The Bertz CT molecular complexity index is 1410. The number of anilines is 2. The molecule has 0 aliphatic rings. The first-order chi connectivity index (χ1) is 18.7. The number of hydrogen-bond acceptors (Lipinski definition) is 6. The molecule has 0 aromatic heterocycles. The summed E-state index contributed by atoms with van der Waals surface area (Å²) >= 11 is 2.07. The molecule has 3 aromatic rings. The fourth-order valence-corrected chi connectivity index (χ4v) is 4.32. The van der Waals surface area contributed by atoms with Crippen LogP contribution in [0.1, 0.15) is 30.5 Å². The summed E-state index contributed by atoms with van der Waals surface area (Å²) in [6.07, 6.45) is 1.48. The van der Waals surface area contributed by atoms with Crippen molar-refractivity contribution in [1.82, 2.24) is 0 Å². The van der Waals surface area contributed by atoms with Gasteiger partial charge in [-0.25, -0.2) is 0 Å². The molecule has 0 bridgehead atoms. The third-order valence-corrected chi connectivity index (χ3v) is 6.37. The number of nitrogens with one attached hydrogen (secondary N) is 2. The van der Waals surface area contributed by atoms with Crippen LogP contribution in [0.4, 0.5) is 11.4 Å². The van der Waals surface area contributed by atoms with Gasteiger partial charge >= 0.3 is 0 Å². The number of aryl methyl sites for hydroxylation is 2. The van der Waals surface area contributed by atoms with E-state index in [1.165, 1.54) is 6.08 Å². The Morgan fingerprint density at radius 2 is 1.59 bits per heavy atom. The molecule has 0 fully saturated rings. The minimum Gasteiger partial charge on any atom is -0.494 e. The third kappa shape index (κ3) is 8.48. The van der Waals surface area contributed by atoms with E-state index >= 15 is 0 Å². The Hall–Kier alpha value is -4.04. The van der Waals surface area contributed by atoms with Crippen molar-refractivity contribution in [3.05, 3.63) is 80.4 Å². The molecule has 0 unspecified atom stereocenters. The van der Waals surface area contributed by atoms with Crippen LogP contribution in [0, 0.1) is 28.7 Å².